The number of aldehydes is 1. The number of carbonyl (C=O) groups excluding carboxylic acids is 3. The van der Waals surface area contributed by atoms with Crippen molar-refractivity contribution in [2.45, 2.75) is 142 Å². The van der Waals surface area contributed by atoms with Crippen LogP contribution in [0, 0.1) is 10.8 Å². The molecular weight excluding hydrogens is 917 g/mol. The highest BCUT2D eigenvalue weighted by Gasteiger charge is 2.52. The van der Waals surface area contributed by atoms with E-state index < -0.39 is 17.4 Å². The summed E-state index contributed by atoms with van der Waals surface area (Å²) >= 11 is 0. The van der Waals surface area contributed by atoms with Gasteiger partial charge < -0.3 is 48.9 Å². The van der Waals surface area contributed by atoms with Gasteiger partial charge in [0.05, 0.1) is 17.3 Å². The summed E-state index contributed by atoms with van der Waals surface area (Å²) < 4.78 is 26.1. The Morgan fingerprint density at radius 3 is 1.62 bits per heavy atom. The number of ketones is 2. The lowest BCUT2D eigenvalue weighted by molar-refractivity contribution is -0.138. The number of ether oxygens (including phenoxy) is 5. The molecule has 6 aliphatic rings. The molecule has 4 heterocycles. The third-order valence-corrected chi connectivity index (χ3v) is 14.6. The van der Waals surface area contributed by atoms with Crippen molar-refractivity contribution in [3.8, 4) is 23.0 Å². The van der Waals surface area contributed by atoms with Gasteiger partial charge in [0.1, 0.15) is 17.9 Å². The Kier molecular flexibility index (Phi) is 16.4. The zero-order valence-corrected chi connectivity index (χ0v) is 43.2. The minimum atomic E-state index is -0.924. The van der Waals surface area contributed by atoms with E-state index in [9.17, 15) is 24.0 Å². The van der Waals surface area contributed by atoms with Gasteiger partial charge >= 0.3 is 11.9 Å². The predicted octanol–water partition coefficient (Wildman–Crippen LogP) is 9.85. The number of carboxylic acid groups (broad SMARTS) is 2. The van der Waals surface area contributed by atoms with E-state index in [2.05, 4.69) is 92.9 Å². The summed E-state index contributed by atoms with van der Waals surface area (Å²) in [5, 5.41) is 20.6. The molecule has 4 aromatic carbocycles. The molecule has 14 nitrogen and oxygen atoms in total. The van der Waals surface area contributed by atoms with E-state index in [4.69, 9.17) is 29.2 Å². The van der Waals surface area contributed by atoms with Gasteiger partial charge in [-0.15, -0.1) is 0 Å². The molecule has 0 radical (unpaired) electrons. The van der Waals surface area contributed by atoms with Gasteiger partial charge in [-0.1, -0.05) is 77.9 Å². The first-order valence-electron chi connectivity index (χ1n) is 25.1. The molecule has 0 bridgehead atoms. The maximum absolute atomic E-state index is 13.5. The number of Topliss-reactive ketones (excluding diaryl/α,β-unsaturated/α-hetero) is 2. The molecule has 2 saturated carbocycles. The maximum atomic E-state index is 13.5. The molecule has 4 aromatic rings. The van der Waals surface area contributed by atoms with Crippen LogP contribution in [0.5, 0.6) is 23.0 Å². The Balaban J connectivity index is 0.000000180. The van der Waals surface area contributed by atoms with Crippen LogP contribution in [0.4, 0.5) is 11.4 Å². The van der Waals surface area contributed by atoms with Gasteiger partial charge in [0.25, 0.3) is 0 Å². The van der Waals surface area contributed by atoms with Crippen molar-refractivity contribution in [2.24, 2.45) is 10.8 Å². The number of benzene rings is 4. The van der Waals surface area contributed by atoms with E-state index >= 15 is 0 Å². The topological polar surface area (TPSA) is 187 Å². The minimum Gasteiger partial charge on any atom is -0.481 e. The van der Waals surface area contributed by atoms with Crippen molar-refractivity contribution >= 4 is 41.2 Å². The van der Waals surface area contributed by atoms with E-state index in [1.807, 2.05) is 36.4 Å². The number of carbonyl (C=O) groups is 5. The van der Waals surface area contributed by atoms with Gasteiger partial charge in [-0.25, -0.2) is 0 Å². The minimum absolute atomic E-state index is 0.0521. The van der Waals surface area contributed by atoms with Crippen molar-refractivity contribution in [3.05, 3.63) is 106 Å². The third-order valence-electron chi connectivity index (χ3n) is 14.6. The van der Waals surface area contributed by atoms with Gasteiger partial charge in [-0.3, -0.25) is 19.2 Å². The zero-order valence-electron chi connectivity index (χ0n) is 43.2. The maximum Gasteiger partial charge on any atom is 0.303 e. The molecule has 2 atom stereocenters. The molecule has 0 saturated heterocycles. The summed E-state index contributed by atoms with van der Waals surface area (Å²) in [6, 6.07) is 25.4. The van der Waals surface area contributed by atoms with Crippen LogP contribution in [0.1, 0.15) is 126 Å². The Morgan fingerprint density at radius 2 is 1.17 bits per heavy atom. The quantitative estimate of drug-likeness (QED) is 0.0955. The smallest absolute Gasteiger partial charge is 0.303 e. The number of rotatable bonds is 15. The fourth-order valence-corrected chi connectivity index (χ4v) is 10.2. The highest BCUT2D eigenvalue weighted by Crippen LogP contribution is 2.53. The summed E-state index contributed by atoms with van der Waals surface area (Å²) in [5.74, 6) is 1.89. The van der Waals surface area contributed by atoms with Gasteiger partial charge in [-0.2, -0.15) is 0 Å². The molecule has 2 aliphatic carbocycles. The predicted molar refractivity (Wildman–Crippen MR) is 275 cm³/mol. The number of methoxy groups -OCH3 is 1. The van der Waals surface area contributed by atoms with Crippen molar-refractivity contribution < 1.29 is 57.9 Å². The summed E-state index contributed by atoms with van der Waals surface area (Å²) in [6.45, 7) is 14.7. The SMILES string of the molecule is CC(C)(C)C1Cc2cc(CC(=O)C3(c4ccc5c(c4)OCO5)CC3)ccc2N1.CC(C)(C)C1Cc2cc(CC(=O)C3(c4ccc5c(c4)OCO5)CC3)ccc2N1CCCC(=O)O.COC.O=CCCC(=O)O. The second-order valence-corrected chi connectivity index (χ2v) is 22.0. The Bertz CT molecular complexity index is 2640. The van der Waals surface area contributed by atoms with Crippen LogP contribution < -0.4 is 29.2 Å². The molecular formula is C58H72N2O12. The molecule has 3 N–H and O–H groups in total. The summed E-state index contributed by atoms with van der Waals surface area (Å²) in [6.07, 6.45) is 7.90. The number of nitrogens with zero attached hydrogens (tertiary/aromatic N) is 1. The van der Waals surface area contributed by atoms with Crippen LogP contribution in [-0.2, 0) is 65.2 Å². The number of hydrogen-bond acceptors (Lipinski definition) is 12. The third kappa shape index (κ3) is 12.4. The van der Waals surface area contributed by atoms with Crippen LogP contribution in [-0.4, -0.2) is 86.4 Å². The first kappa shape index (κ1) is 53.4. The fourth-order valence-electron chi connectivity index (χ4n) is 10.2. The molecule has 0 spiro atoms. The Hall–Kier alpha value is -6.41. The van der Waals surface area contributed by atoms with E-state index in [1.54, 1.807) is 14.2 Å². The average Bonchev–Trinajstić information content (AvgIpc) is 4.05. The molecule has 2 unspecified atom stereocenters. The molecule has 4 aliphatic heterocycles. The molecule has 72 heavy (non-hydrogen) atoms. The number of aliphatic carboxylic acids is 2. The summed E-state index contributed by atoms with van der Waals surface area (Å²) in [7, 11) is 3.25. The Morgan fingerprint density at radius 1 is 0.667 bits per heavy atom. The lowest BCUT2D eigenvalue weighted by Crippen LogP contribution is -2.42. The molecule has 0 aromatic heterocycles. The van der Waals surface area contributed by atoms with E-state index in [1.165, 1.54) is 22.5 Å². The molecule has 386 valence electrons. The number of fused-ring (bicyclic) bond motifs is 4. The van der Waals surface area contributed by atoms with Crippen molar-refractivity contribution in [1.82, 2.24) is 0 Å². The Labute approximate surface area is 423 Å². The van der Waals surface area contributed by atoms with E-state index in [0.717, 1.165) is 90.3 Å². The van der Waals surface area contributed by atoms with Gasteiger partial charge in [0, 0.05) is 69.9 Å². The first-order chi connectivity index (χ1) is 34.2. The average molecular weight is 989 g/mol. The molecule has 0 amide bonds. The van der Waals surface area contributed by atoms with Crippen molar-refractivity contribution in [3.63, 3.8) is 0 Å². The molecule has 14 heteroatoms. The van der Waals surface area contributed by atoms with Crippen LogP contribution in [0.3, 0.4) is 0 Å². The van der Waals surface area contributed by atoms with Crippen LogP contribution in [0.15, 0.2) is 72.8 Å². The highest BCUT2D eigenvalue weighted by atomic mass is 16.7. The first-order valence-corrected chi connectivity index (χ1v) is 25.1. The standard InChI is InChI=1S/C28H33NO5.C24H27NO3.C4H6O3.C2H6O/c1-27(2,3)24-15-19-13-18(6-8-21(19)29(24)12-4-5-26(31)32)14-25(30)28(10-11-28)20-7-9-22-23(16-20)34-17-33-22;1-23(2,3)21-12-16-10-15(4-6-18(16)25-21)11-22(26)24(8-9-24)17-5-7-19-20(13-17)28-14-27-19;5-3-1-2-4(6)7;1-3-2/h6-9,13,16,24H,4-5,10-12,14-15,17H2,1-3H3,(H,31,32);4-7,10,13,21,25H,8-9,11-12,14H2,1-3H3;3H,1-2H2,(H,6,7);1-2H3. The van der Waals surface area contributed by atoms with Crippen LogP contribution in [0.25, 0.3) is 0 Å². The van der Waals surface area contributed by atoms with Crippen LogP contribution in [0.2, 0.25) is 0 Å². The van der Waals surface area contributed by atoms with Gasteiger partial charge in [0.15, 0.2) is 23.0 Å². The van der Waals surface area contributed by atoms with Crippen molar-refractivity contribution in [1.29, 1.82) is 0 Å². The number of nitrogens with one attached hydrogen (secondary N) is 1. The van der Waals surface area contributed by atoms with Gasteiger partial charge in [-0.05, 0) is 126 Å². The summed E-state index contributed by atoms with van der Waals surface area (Å²) in [4.78, 5) is 59.1. The molecule has 10 rings (SSSR count). The highest BCUT2D eigenvalue weighted by molar-refractivity contribution is 5.95. The number of anilines is 2. The second kappa shape index (κ2) is 22.1. The van der Waals surface area contributed by atoms with E-state index in [0.29, 0.717) is 43.4 Å². The normalized spacial score (nSPS) is 18.6. The lowest BCUT2D eigenvalue weighted by atomic mass is 9.84. The zero-order chi connectivity index (χ0) is 52.0. The van der Waals surface area contributed by atoms with Crippen LogP contribution >= 0.6 is 0 Å². The van der Waals surface area contributed by atoms with Gasteiger partial charge in [0.2, 0.25) is 13.6 Å². The fraction of sp³-hybridized carbons (Fsp3) is 0.500. The monoisotopic (exact) mass is 989 g/mol. The molecule has 2 fully saturated rings. The van der Waals surface area contributed by atoms with Crippen molar-refractivity contribution in [2.75, 3.05) is 44.6 Å². The summed E-state index contributed by atoms with van der Waals surface area (Å²) in [5.41, 5.74) is 8.78. The number of carboxylic acids is 2. The largest absolute Gasteiger partial charge is 0.481 e. The second-order valence-electron chi connectivity index (χ2n) is 22.0. The lowest BCUT2D eigenvalue weighted by Gasteiger charge is -2.37. The number of hydrogen-bond donors (Lipinski definition) is 3. The van der Waals surface area contributed by atoms with E-state index in [-0.39, 0.29) is 54.9 Å².